The zero-order chi connectivity index (χ0) is 25.0. The lowest BCUT2D eigenvalue weighted by atomic mass is 10.1. The van der Waals surface area contributed by atoms with Gasteiger partial charge in [-0.05, 0) is 36.4 Å². The van der Waals surface area contributed by atoms with Crippen LogP contribution < -0.4 is 9.62 Å². The fourth-order valence-electron chi connectivity index (χ4n) is 3.50. The summed E-state index contributed by atoms with van der Waals surface area (Å²) >= 11 is 0. The molecule has 0 aliphatic carbocycles. The molecular weight excluding hydrogens is 476 g/mol. The highest BCUT2D eigenvalue weighted by atomic mass is 32.2. The van der Waals surface area contributed by atoms with Crippen molar-refractivity contribution < 1.29 is 32.2 Å². The van der Waals surface area contributed by atoms with Crippen molar-refractivity contribution in [3.63, 3.8) is 0 Å². The smallest absolute Gasteiger partial charge is 0.355 e. The average Bonchev–Trinajstić information content (AvgIpc) is 3.35. The molecular formula is C23H22N4O7S. The van der Waals surface area contributed by atoms with Gasteiger partial charge in [-0.25, -0.2) is 22.7 Å². The number of para-hydroxylation sites is 1. The van der Waals surface area contributed by atoms with E-state index in [1.54, 1.807) is 18.2 Å². The number of methoxy groups -OCH3 is 2. The molecule has 1 aliphatic rings. The summed E-state index contributed by atoms with van der Waals surface area (Å²) in [7, 11) is -1.57. The van der Waals surface area contributed by atoms with Gasteiger partial charge in [0.05, 0.1) is 43.2 Å². The van der Waals surface area contributed by atoms with Crippen LogP contribution >= 0.6 is 0 Å². The first-order valence-electron chi connectivity index (χ1n) is 10.3. The van der Waals surface area contributed by atoms with E-state index in [0.29, 0.717) is 11.4 Å². The molecule has 4 rings (SSSR count). The Bertz CT molecular complexity index is 1370. The minimum Gasteiger partial charge on any atom is -0.466 e. The summed E-state index contributed by atoms with van der Waals surface area (Å²) in [4.78, 5) is 26.0. The molecule has 0 saturated carbocycles. The molecule has 1 aromatic heterocycles. The second kappa shape index (κ2) is 9.99. The second-order valence-corrected chi connectivity index (χ2v) is 8.96. The monoisotopic (exact) mass is 498 g/mol. The zero-order valence-corrected chi connectivity index (χ0v) is 19.7. The summed E-state index contributed by atoms with van der Waals surface area (Å²) in [5.74, 6) is -1.21. The number of hydrogen-bond acceptors (Lipinski definition) is 9. The number of carbonyl (C=O) groups is 2. The Balaban J connectivity index is 1.62. The lowest BCUT2D eigenvalue weighted by Gasteiger charge is -2.31. The number of nitrogens with one attached hydrogen (secondary N) is 1. The number of benzene rings is 2. The number of aromatic nitrogens is 2. The lowest BCUT2D eigenvalue weighted by molar-refractivity contribution is -0.140. The Morgan fingerprint density at radius 3 is 2.29 bits per heavy atom. The van der Waals surface area contributed by atoms with Crippen LogP contribution in [0.1, 0.15) is 0 Å². The van der Waals surface area contributed by atoms with Gasteiger partial charge in [0.1, 0.15) is 18.2 Å². The largest absolute Gasteiger partial charge is 0.466 e. The highest BCUT2D eigenvalue weighted by Gasteiger charge is 2.32. The fraction of sp³-hybridized carbons (Fsp3) is 0.174. The molecule has 12 heteroatoms. The van der Waals surface area contributed by atoms with Gasteiger partial charge in [0.15, 0.2) is 0 Å². The molecule has 0 spiro atoms. The Hall–Kier alpha value is -4.16. The summed E-state index contributed by atoms with van der Waals surface area (Å²) in [6.07, 6.45) is 1.49. The third-order valence-corrected chi connectivity index (χ3v) is 6.54. The predicted octanol–water partition coefficient (Wildman–Crippen LogP) is 2.07. The third-order valence-electron chi connectivity index (χ3n) is 5.17. The summed E-state index contributed by atoms with van der Waals surface area (Å²) in [6.45, 7) is -0.176. The molecule has 3 aromatic rings. The van der Waals surface area contributed by atoms with Crippen LogP contribution in [0.5, 0.6) is 0 Å². The molecule has 2 heterocycles. The maximum atomic E-state index is 13.0. The van der Waals surface area contributed by atoms with Gasteiger partial charge < -0.3 is 19.1 Å². The number of carbonyl (C=O) groups excluding carboxylic acids is 2. The molecule has 11 nitrogen and oxygen atoms in total. The quantitative estimate of drug-likeness (QED) is 0.487. The first-order valence-corrected chi connectivity index (χ1v) is 11.8. The van der Waals surface area contributed by atoms with Crippen molar-refractivity contribution in [1.82, 2.24) is 9.78 Å². The number of ether oxygens (including phenoxy) is 3. The Morgan fingerprint density at radius 2 is 1.63 bits per heavy atom. The van der Waals surface area contributed by atoms with Gasteiger partial charge in [-0.15, -0.1) is 0 Å². The van der Waals surface area contributed by atoms with E-state index in [4.69, 9.17) is 14.2 Å². The first-order chi connectivity index (χ1) is 16.9. The fourth-order valence-corrected chi connectivity index (χ4v) is 4.55. The molecule has 0 atom stereocenters. The van der Waals surface area contributed by atoms with Gasteiger partial charge in [0.25, 0.3) is 10.0 Å². The van der Waals surface area contributed by atoms with Crippen LogP contribution in [-0.4, -0.2) is 57.7 Å². The highest BCUT2D eigenvalue weighted by molar-refractivity contribution is 7.92. The van der Waals surface area contributed by atoms with E-state index in [-0.39, 0.29) is 35.3 Å². The van der Waals surface area contributed by atoms with E-state index < -0.39 is 22.0 Å². The molecule has 35 heavy (non-hydrogen) atoms. The Morgan fingerprint density at radius 1 is 0.943 bits per heavy atom. The second-order valence-electron chi connectivity index (χ2n) is 7.28. The van der Waals surface area contributed by atoms with Gasteiger partial charge in [-0.2, -0.15) is 5.10 Å². The van der Waals surface area contributed by atoms with Gasteiger partial charge in [0, 0.05) is 11.8 Å². The maximum absolute atomic E-state index is 13.0. The summed E-state index contributed by atoms with van der Waals surface area (Å²) < 4.78 is 45.1. The van der Waals surface area contributed by atoms with Crippen molar-refractivity contribution in [3.05, 3.63) is 78.1 Å². The predicted molar refractivity (Wildman–Crippen MR) is 125 cm³/mol. The van der Waals surface area contributed by atoms with Crippen molar-refractivity contribution in [2.75, 3.05) is 37.2 Å². The lowest BCUT2D eigenvalue weighted by Crippen LogP contribution is -2.38. The van der Waals surface area contributed by atoms with Crippen molar-refractivity contribution in [1.29, 1.82) is 0 Å². The van der Waals surface area contributed by atoms with Crippen LogP contribution in [0.15, 0.2) is 83.0 Å². The molecule has 0 amide bonds. The number of nitrogens with zero attached hydrogens (tertiary/aromatic N) is 3. The number of sulfonamides is 1. The van der Waals surface area contributed by atoms with Gasteiger partial charge in [-0.3, -0.25) is 4.72 Å². The molecule has 0 saturated heterocycles. The number of esters is 2. The van der Waals surface area contributed by atoms with Crippen molar-refractivity contribution in [3.8, 4) is 5.69 Å². The third kappa shape index (κ3) is 4.88. The van der Waals surface area contributed by atoms with Crippen molar-refractivity contribution in [2.45, 2.75) is 4.90 Å². The molecule has 1 aliphatic heterocycles. The molecule has 2 aromatic carbocycles. The molecule has 1 N–H and O–H groups in total. The van der Waals surface area contributed by atoms with E-state index >= 15 is 0 Å². The molecule has 0 bridgehead atoms. The topological polar surface area (TPSA) is 129 Å². The average molecular weight is 499 g/mol. The van der Waals surface area contributed by atoms with Crippen molar-refractivity contribution in [2.24, 2.45) is 0 Å². The number of hydrogen-bond donors (Lipinski definition) is 1. The highest BCUT2D eigenvalue weighted by Crippen LogP contribution is 2.28. The van der Waals surface area contributed by atoms with Gasteiger partial charge >= 0.3 is 11.9 Å². The molecule has 0 unspecified atom stereocenters. The van der Waals surface area contributed by atoms with Gasteiger partial charge in [-0.1, -0.05) is 18.2 Å². The number of rotatable bonds is 7. The van der Waals surface area contributed by atoms with E-state index in [9.17, 15) is 18.0 Å². The van der Waals surface area contributed by atoms with Crippen LogP contribution in [0, 0.1) is 0 Å². The summed E-state index contributed by atoms with van der Waals surface area (Å²) in [5.41, 5.74) is 1.07. The van der Waals surface area contributed by atoms with Gasteiger partial charge in [0.2, 0.25) is 0 Å². The van der Waals surface area contributed by atoms with Crippen molar-refractivity contribution >= 4 is 33.5 Å². The first kappa shape index (κ1) is 24.0. The zero-order valence-electron chi connectivity index (χ0n) is 18.9. The van der Waals surface area contributed by atoms with Crippen LogP contribution in [0.3, 0.4) is 0 Å². The van der Waals surface area contributed by atoms with Crippen LogP contribution in [0.4, 0.5) is 11.5 Å². The minimum absolute atomic E-state index is 0.00172. The Kier molecular flexibility index (Phi) is 6.85. The Labute approximate surface area is 201 Å². The molecule has 0 radical (unpaired) electrons. The van der Waals surface area contributed by atoms with Crippen LogP contribution in [-0.2, 0) is 33.8 Å². The molecule has 0 fully saturated rings. The van der Waals surface area contributed by atoms with E-state index in [1.807, 2.05) is 18.2 Å². The van der Waals surface area contributed by atoms with Crippen LogP contribution in [0.25, 0.3) is 5.69 Å². The summed E-state index contributed by atoms with van der Waals surface area (Å²) in [6, 6.07) is 16.4. The van der Waals surface area contributed by atoms with Crippen LogP contribution in [0.2, 0.25) is 0 Å². The molecule has 182 valence electrons. The normalized spacial score (nSPS) is 13.9. The van der Waals surface area contributed by atoms with E-state index in [1.165, 1.54) is 54.3 Å². The summed E-state index contributed by atoms with van der Waals surface area (Å²) in [5, 5.41) is 4.18. The SMILES string of the molecule is COC(=O)C1=C(C(=O)OC)N(c2ccc(S(=O)(=O)Nc3ccnn3-c3ccccc3)cc2)COC1. The minimum atomic E-state index is -3.96. The van der Waals surface area contributed by atoms with E-state index in [0.717, 1.165) is 0 Å². The number of anilines is 2. The van der Waals surface area contributed by atoms with E-state index in [2.05, 4.69) is 9.82 Å². The maximum Gasteiger partial charge on any atom is 0.355 e. The standard InChI is InChI=1S/C23H22N4O7S/c1-32-22(28)19-14-34-15-26(21(19)23(29)33-2)16-8-10-18(11-9-16)35(30,31)25-20-12-13-24-27(20)17-6-4-3-5-7-17/h3-13,25H,14-15H2,1-2H3.